The first-order valence-electron chi connectivity index (χ1n) is 8.62. The Labute approximate surface area is 143 Å². The van der Waals surface area contributed by atoms with Crippen LogP contribution in [0.5, 0.6) is 11.5 Å². The highest BCUT2D eigenvalue weighted by Gasteiger charge is 2.15. The number of hydrogen-bond donors (Lipinski definition) is 1. The van der Waals surface area contributed by atoms with Crippen LogP contribution in [0.4, 0.5) is 0 Å². The lowest BCUT2D eigenvalue weighted by molar-refractivity contribution is 0.415. The number of phenolic OH excluding ortho intramolecular Hbond substituents is 1. The molecule has 0 bridgehead atoms. The van der Waals surface area contributed by atoms with Crippen molar-refractivity contribution in [3.8, 4) is 22.6 Å². The summed E-state index contributed by atoms with van der Waals surface area (Å²) in [5.74, 6) is 1.18. The predicted molar refractivity (Wildman–Crippen MR) is 101 cm³/mol. The second kappa shape index (κ2) is 7.39. The molecule has 3 rings (SSSR count). The normalized spacial score (nSPS) is 10.9. The van der Waals surface area contributed by atoms with E-state index in [0.717, 1.165) is 40.5 Å². The summed E-state index contributed by atoms with van der Waals surface area (Å²) in [6.07, 6.45) is 4.49. The first-order chi connectivity index (χ1) is 11.7. The average Bonchev–Trinajstić information content (AvgIpc) is 2.62. The number of hydrogen-bond acceptors (Lipinski definition) is 2. The van der Waals surface area contributed by atoms with Gasteiger partial charge >= 0.3 is 0 Å². The third-order valence-corrected chi connectivity index (χ3v) is 4.51. The van der Waals surface area contributed by atoms with Crippen molar-refractivity contribution in [2.24, 2.45) is 0 Å². The van der Waals surface area contributed by atoms with E-state index in [1.807, 2.05) is 36.4 Å². The first kappa shape index (κ1) is 16.4. The van der Waals surface area contributed by atoms with Crippen LogP contribution in [0.15, 0.2) is 54.6 Å². The molecule has 0 saturated heterocycles. The lowest BCUT2D eigenvalue weighted by Gasteiger charge is -2.15. The summed E-state index contributed by atoms with van der Waals surface area (Å²) in [6, 6.07) is 18.2. The third-order valence-electron chi connectivity index (χ3n) is 4.51. The highest BCUT2D eigenvalue weighted by molar-refractivity contribution is 5.97. The van der Waals surface area contributed by atoms with Gasteiger partial charge in [-0.05, 0) is 47.6 Å². The van der Waals surface area contributed by atoms with Gasteiger partial charge in [0.1, 0.15) is 11.5 Å². The maximum atomic E-state index is 11.0. The third kappa shape index (κ3) is 3.23. The van der Waals surface area contributed by atoms with Gasteiger partial charge in [-0.3, -0.25) is 0 Å². The van der Waals surface area contributed by atoms with E-state index in [2.05, 4.69) is 25.1 Å². The number of benzene rings is 3. The molecule has 0 radical (unpaired) electrons. The predicted octanol–water partition coefficient (Wildman–Crippen LogP) is 5.95. The highest BCUT2D eigenvalue weighted by Crippen LogP contribution is 2.40. The highest BCUT2D eigenvalue weighted by atomic mass is 16.5. The summed E-state index contributed by atoms with van der Waals surface area (Å²) in [5, 5.41) is 12.9. The maximum Gasteiger partial charge on any atom is 0.131 e. The van der Waals surface area contributed by atoms with Gasteiger partial charge in [0.15, 0.2) is 0 Å². The summed E-state index contributed by atoms with van der Waals surface area (Å²) in [7, 11) is 1.67. The molecule has 0 aromatic heterocycles. The van der Waals surface area contributed by atoms with Gasteiger partial charge in [-0.2, -0.15) is 0 Å². The summed E-state index contributed by atoms with van der Waals surface area (Å²) in [6.45, 7) is 2.21. The van der Waals surface area contributed by atoms with E-state index < -0.39 is 0 Å². The van der Waals surface area contributed by atoms with Crippen LogP contribution in [-0.2, 0) is 6.42 Å². The van der Waals surface area contributed by atoms with E-state index in [4.69, 9.17) is 4.74 Å². The summed E-state index contributed by atoms with van der Waals surface area (Å²) >= 11 is 0. The van der Waals surface area contributed by atoms with Gasteiger partial charge in [0, 0.05) is 10.9 Å². The van der Waals surface area contributed by atoms with Crippen LogP contribution < -0.4 is 4.74 Å². The zero-order chi connectivity index (χ0) is 16.9. The van der Waals surface area contributed by atoms with E-state index >= 15 is 0 Å². The molecule has 0 aliphatic heterocycles. The molecule has 0 atom stereocenters. The zero-order valence-electron chi connectivity index (χ0n) is 14.4. The molecular formula is C22H24O2. The number of methoxy groups -OCH3 is 1. The van der Waals surface area contributed by atoms with Crippen LogP contribution in [0, 0.1) is 0 Å². The molecule has 0 unspecified atom stereocenters. The van der Waals surface area contributed by atoms with Crippen molar-refractivity contribution < 1.29 is 9.84 Å². The van der Waals surface area contributed by atoms with Crippen molar-refractivity contribution in [3.05, 3.63) is 60.2 Å². The van der Waals surface area contributed by atoms with Gasteiger partial charge in [0.2, 0.25) is 0 Å². The number of phenols is 1. The van der Waals surface area contributed by atoms with E-state index in [1.54, 1.807) is 7.11 Å². The number of aryl methyl sites for hydroxylation is 1. The number of aromatic hydroxyl groups is 1. The molecule has 3 aromatic carbocycles. The van der Waals surface area contributed by atoms with Crippen molar-refractivity contribution in [1.29, 1.82) is 0 Å². The fourth-order valence-corrected chi connectivity index (χ4v) is 3.24. The maximum absolute atomic E-state index is 11.0. The number of ether oxygens (including phenoxy) is 1. The van der Waals surface area contributed by atoms with E-state index in [9.17, 15) is 5.11 Å². The second-order valence-electron chi connectivity index (χ2n) is 6.17. The van der Waals surface area contributed by atoms with Crippen LogP contribution in [0.25, 0.3) is 21.9 Å². The van der Waals surface area contributed by atoms with Crippen molar-refractivity contribution in [3.63, 3.8) is 0 Å². The van der Waals surface area contributed by atoms with Crippen LogP contribution in [0.1, 0.15) is 31.7 Å². The van der Waals surface area contributed by atoms with Gasteiger partial charge in [0.25, 0.3) is 0 Å². The van der Waals surface area contributed by atoms with E-state index in [1.165, 1.54) is 18.4 Å². The van der Waals surface area contributed by atoms with Crippen LogP contribution >= 0.6 is 0 Å². The minimum atomic E-state index is 0.368. The molecule has 0 aliphatic carbocycles. The Morgan fingerprint density at radius 1 is 0.958 bits per heavy atom. The van der Waals surface area contributed by atoms with Gasteiger partial charge in [-0.15, -0.1) is 0 Å². The first-order valence-corrected chi connectivity index (χ1v) is 8.62. The van der Waals surface area contributed by atoms with Gasteiger partial charge in [-0.25, -0.2) is 0 Å². The molecule has 0 spiro atoms. The molecule has 2 heteroatoms. The van der Waals surface area contributed by atoms with E-state index in [0.29, 0.717) is 5.75 Å². The SMILES string of the molecule is CCCCCc1cc2cc(OC)ccc2c(O)c1-c1ccccc1. The second-order valence-corrected chi connectivity index (χ2v) is 6.17. The molecule has 1 N–H and O–H groups in total. The van der Waals surface area contributed by atoms with Gasteiger partial charge < -0.3 is 9.84 Å². The molecular weight excluding hydrogens is 296 g/mol. The Balaban J connectivity index is 2.18. The molecule has 24 heavy (non-hydrogen) atoms. The fraction of sp³-hybridized carbons (Fsp3) is 0.273. The Morgan fingerprint density at radius 3 is 2.46 bits per heavy atom. The van der Waals surface area contributed by atoms with Crippen LogP contribution in [0.3, 0.4) is 0 Å². The Bertz CT molecular complexity index is 822. The topological polar surface area (TPSA) is 29.5 Å². The number of fused-ring (bicyclic) bond motifs is 1. The minimum Gasteiger partial charge on any atom is -0.507 e. The number of unbranched alkanes of at least 4 members (excludes halogenated alkanes) is 2. The Hall–Kier alpha value is -2.48. The largest absolute Gasteiger partial charge is 0.507 e. The number of rotatable bonds is 6. The molecule has 0 amide bonds. The van der Waals surface area contributed by atoms with Crippen molar-refractivity contribution in [2.45, 2.75) is 32.6 Å². The summed E-state index contributed by atoms with van der Waals surface area (Å²) < 4.78 is 5.33. The van der Waals surface area contributed by atoms with Crippen molar-refractivity contribution >= 4 is 10.8 Å². The summed E-state index contributed by atoms with van der Waals surface area (Å²) in [4.78, 5) is 0. The molecule has 0 saturated carbocycles. The average molecular weight is 320 g/mol. The van der Waals surface area contributed by atoms with Crippen LogP contribution in [0.2, 0.25) is 0 Å². The van der Waals surface area contributed by atoms with Crippen LogP contribution in [-0.4, -0.2) is 12.2 Å². The van der Waals surface area contributed by atoms with E-state index in [-0.39, 0.29) is 0 Å². The molecule has 0 fully saturated rings. The zero-order valence-corrected chi connectivity index (χ0v) is 14.4. The monoisotopic (exact) mass is 320 g/mol. The van der Waals surface area contributed by atoms with Gasteiger partial charge in [-0.1, -0.05) is 56.2 Å². The smallest absolute Gasteiger partial charge is 0.131 e. The quantitative estimate of drug-likeness (QED) is 0.568. The molecule has 124 valence electrons. The lowest BCUT2D eigenvalue weighted by atomic mass is 9.91. The molecule has 0 aliphatic rings. The summed E-state index contributed by atoms with van der Waals surface area (Å²) in [5.41, 5.74) is 3.23. The Kier molecular flexibility index (Phi) is 5.05. The molecule has 0 heterocycles. The van der Waals surface area contributed by atoms with Gasteiger partial charge in [0.05, 0.1) is 7.11 Å². The van der Waals surface area contributed by atoms with Crippen molar-refractivity contribution in [2.75, 3.05) is 7.11 Å². The fourth-order valence-electron chi connectivity index (χ4n) is 3.24. The molecule has 2 nitrogen and oxygen atoms in total. The van der Waals surface area contributed by atoms with Crippen molar-refractivity contribution in [1.82, 2.24) is 0 Å². The molecule has 3 aromatic rings. The lowest BCUT2D eigenvalue weighted by Crippen LogP contribution is -1.94. The Morgan fingerprint density at radius 2 is 1.75 bits per heavy atom. The standard InChI is InChI=1S/C22H24O2/c1-3-4-6-11-17-14-18-15-19(24-2)12-13-20(18)22(23)21(17)16-9-7-5-8-10-16/h5,7-10,12-15,23H,3-4,6,11H2,1-2H3. The minimum absolute atomic E-state index is 0.368.